The number of carbonyl (C=O) groups is 2. The van der Waals surface area contributed by atoms with Crippen LogP contribution in [0, 0.1) is 5.92 Å². The largest absolute Gasteiger partial charge is 0.459 e. The fourth-order valence-corrected chi connectivity index (χ4v) is 2.76. The first kappa shape index (κ1) is 19.2. The lowest BCUT2D eigenvalue weighted by atomic mass is 10.0. The minimum atomic E-state index is -0.615. The van der Waals surface area contributed by atoms with E-state index in [1.54, 1.807) is 4.90 Å². The van der Waals surface area contributed by atoms with Gasteiger partial charge in [0.05, 0.1) is 0 Å². The Bertz CT molecular complexity index is 554. The highest BCUT2D eigenvalue weighted by Gasteiger charge is 2.27. The normalized spacial score (nSPS) is 16.6. The standard InChI is InChI=1S/C19H29N3O3/c1-15(2)13-17(18(23)25-14-16-7-5-4-6-8-16)20-19(24)22-11-9-21(3)10-12-22/h4-8,15,17H,9-14H2,1-3H3,(H,20,24). The van der Waals surface area contributed by atoms with Gasteiger partial charge >= 0.3 is 12.0 Å². The molecule has 1 aliphatic rings. The monoisotopic (exact) mass is 347 g/mol. The summed E-state index contributed by atoms with van der Waals surface area (Å²) in [6.45, 7) is 7.32. The van der Waals surface area contributed by atoms with Gasteiger partial charge in [-0.2, -0.15) is 0 Å². The van der Waals surface area contributed by atoms with E-state index in [1.807, 2.05) is 51.2 Å². The van der Waals surface area contributed by atoms with Crippen molar-refractivity contribution in [2.45, 2.75) is 32.9 Å². The Hall–Kier alpha value is -2.08. The van der Waals surface area contributed by atoms with Crippen LogP contribution in [0.1, 0.15) is 25.8 Å². The van der Waals surface area contributed by atoms with Crippen LogP contribution >= 0.6 is 0 Å². The number of rotatable bonds is 6. The average molecular weight is 347 g/mol. The third-order valence-electron chi connectivity index (χ3n) is 4.30. The molecular weight excluding hydrogens is 318 g/mol. The number of benzene rings is 1. The fourth-order valence-electron chi connectivity index (χ4n) is 2.76. The molecule has 1 N–H and O–H groups in total. The molecule has 1 fully saturated rings. The number of ether oxygens (including phenoxy) is 1. The second-order valence-electron chi connectivity index (χ2n) is 7.02. The Morgan fingerprint density at radius 2 is 1.76 bits per heavy atom. The van der Waals surface area contributed by atoms with Gasteiger partial charge in [-0.25, -0.2) is 9.59 Å². The summed E-state index contributed by atoms with van der Waals surface area (Å²) in [4.78, 5) is 28.9. The molecule has 0 bridgehead atoms. The zero-order chi connectivity index (χ0) is 18.2. The molecule has 0 aliphatic carbocycles. The zero-order valence-corrected chi connectivity index (χ0v) is 15.4. The summed E-state index contributed by atoms with van der Waals surface area (Å²) in [6, 6.07) is 8.75. The molecule has 138 valence electrons. The average Bonchev–Trinajstić information content (AvgIpc) is 2.60. The quantitative estimate of drug-likeness (QED) is 0.801. The number of carbonyl (C=O) groups excluding carboxylic acids is 2. The molecule has 2 rings (SSSR count). The van der Waals surface area contributed by atoms with Crippen LogP contribution in [0.3, 0.4) is 0 Å². The molecular formula is C19H29N3O3. The third-order valence-corrected chi connectivity index (χ3v) is 4.30. The molecule has 1 atom stereocenters. The zero-order valence-electron chi connectivity index (χ0n) is 15.4. The number of hydrogen-bond donors (Lipinski definition) is 1. The number of hydrogen-bond acceptors (Lipinski definition) is 4. The van der Waals surface area contributed by atoms with Crippen molar-refractivity contribution < 1.29 is 14.3 Å². The van der Waals surface area contributed by atoms with E-state index in [4.69, 9.17) is 4.74 Å². The van der Waals surface area contributed by atoms with Gasteiger partial charge in [-0.3, -0.25) is 0 Å². The van der Waals surface area contributed by atoms with Gasteiger partial charge in [0.25, 0.3) is 0 Å². The summed E-state index contributed by atoms with van der Waals surface area (Å²) in [5.41, 5.74) is 0.935. The molecule has 6 heteroatoms. The van der Waals surface area contributed by atoms with E-state index in [0.717, 1.165) is 18.7 Å². The smallest absolute Gasteiger partial charge is 0.329 e. The van der Waals surface area contributed by atoms with E-state index >= 15 is 0 Å². The fraction of sp³-hybridized carbons (Fsp3) is 0.579. The van der Waals surface area contributed by atoms with Gasteiger partial charge in [0.2, 0.25) is 0 Å². The van der Waals surface area contributed by atoms with Crippen molar-refractivity contribution in [3.63, 3.8) is 0 Å². The number of urea groups is 1. The van der Waals surface area contributed by atoms with E-state index in [2.05, 4.69) is 10.2 Å². The Labute approximate surface area is 150 Å². The predicted molar refractivity (Wildman–Crippen MR) is 97.1 cm³/mol. The molecule has 0 aromatic heterocycles. The van der Waals surface area contributed by atoms with Crippen LogP contribution in [-0.4, -0.2) is 61.1 Å². The predicted octanol–water partition coefficient (Wildman–Crippen LogP) is 2.10. The summed E-state index contributed by atoms with van der Waals surface area (Å²) in [5.74, 6) is -0.0953. The number of likely N-dealkylation sites (N-methyl/N-ethyl adjacent to an activating group) is 1. The highest BCUT2D eigenvalue weighted by atomic mass is 16.5. The summed E-state index contributed by atoms with van der Waals surface area (Å²) >= 11 is 0. The van der Waals surface area contributed by atoms with Gasteiger partial charge in [-0.05, 0) is 24.9 Å². The van der Waals surface area contributed by atoms with E-state index < -0.39 is 6.04 Å². The van der Waals surface area contributed by atoms with E-state index in [1.165, 1.54) is 0 Å². The number of nitrogens with zero attached hydrogens (tertiary/aromatic N) is 2. The molecule has 1 aliphatic heterocycles. The van der Waals surface area contributed by atoms with Crippen LogP contribution in [0.25, 0.3) is 0 Å². The summed E-state index contributed by atoms with van der Waals surface area (Å²) in [7, 11) is 2.04. The van der Waals surface area contributed by atoms with Crippen LogP contribution in [0.15, 0.2) is 30.3 Å². The van der Waals surface area contributed by atoms with Crippen LogP contribution in [-0.2, 0) is 16.1 Å². The highest BCUT2D eigenvalue weighted by Crippen LogP contribution is 2.10. The maximum atomic E-state index is 12.5. The summed E-state index contributed by atoms with van der Waals surface area (Å²) < 4.78 is 5.42. The van der Waals surface area contributed by atoms with Crippen molar-refractivity contribution in [2.75, 3.05) is 33.2 Å². The van der Waals surface area contributed by atoms with Crippen molar-refractivity contribution in [3.05, 3.63) is 35.9 Å². The lowest BCUT2D eigenvalue weighted by Gasteiger charge is -2.33. The molecule has 2 amide bonds. The number of esters is 1. The molecule has 25 heavy (non-hydrogen) atoms. The maximum absolute atomic E-state index is 12.5. The first-order chi connectivity index (χ1) is 12.0. The minimum absolute atomic E-state index is 0.185. The molecule has 0 saturated carbocycles. The first-order valence-electron chi connectivity index (χ1n) is 8.90. The molecule has 6 nitrogen and oxygen atoms in total. The topological polar surface area (TPSA) is 61.9 Å². The van der Waals surface area contributed by atoms with Crippen LogP contribution < -0.4 is 5.32 Å². The van der Waals surface area contributed by atoms with Gasteiger partial charge in [-0.15, -0.1) is 0 Å². The second kappa shape index (κ2) is 9.42. The molecule has 0 spiro atoms. The second-order valence-corrected chi connectivity index (χ2v) is 7.02. The Morgan fingerprint density at radius 1 is 1.12 bits per heavy atom. The third kappa shape index (κ3) is 6.38. The molecule has 0 radical (unpaired) electrons. The van der Waals surface area contributed by atoms with E-state index in [-0.39, 0.29) is 24.5 Å². The number of nitrogens with one attached hydrogen (secondary N) is 1. The highest BCUT2D eigenvalue weighted by molar-refractivity contribution is 5.83. The molecule has 1 aromatic rings. The lowest BCUT2D eigenvalue weighted by molar-refractivity contribution is -0.147. The molecule has 1 unspecified atom stereocenters. The van der Waals surface area contributed by atoms with Crippen LogP contribution in [0.4, 0.5) is 4.79 Å². The van der Waals surface area contributed by atoms with Crippen molar-refractivity contribution in [1.29, 1.82) is 0 Å². The van der Waals surface area contributed by atoms with Crippen LogP contribution in [0.5, 0.6) is 0 Å². The van der Waals surface area contributed by atoms with Crippen molar-refractivity contribution >= 4 is 12.0 Å². The van der Waals surface area contributed by atoms with Gasteiger partial charge in [0.1, 0.15) is 12.6 Å². The van der Waals surface area contributed by atoms with Crippen molar-refractivity contribution in [2.24, 2.45) is 5.92 Å². The summed E-state index contributed by atoms with van der Waals surface area (Å²) in [6.07, 6.45) is 0.563. The minimum Gasteiger partial charge on any atom is -0.459 e. The lowest BCUT2D eigenvalue weighted by Crippen LogP contribution is -2.54. The maximum Gasteiger partial charge on any atom is 0.329 e. The molecule has 1 heterocycles. The Balaban J connectivity index is 1.90. The molecule has 1 saturated heterocycles. The van der Waals surface area contributed by atoms with Crippen LogP contribution in [0.2, 0.25) is 0 Å². The Morgan fingerprint density at radius 3 is 2.36 bits per heavy atom. The SMILES string of the molecule is CC(C)CC(NC(=O)N1CCN(C)CC1)C(=O)OCc1ccccc1. The van der Waals surface area contributed by atoms with Gasteiger partial charge in [0, 0.05) is 26.2 Å². The summed E-state index contributed by atoms with van der Waals surface area (Å²) in [5, 5.41) is 2.86. The van der Waals surface area contributed by atoms with E-state index in [0.29, 0.717) is 19.5 Å². The molecule has 1 aromatic carbocycles. The van der Waals surface area contributed by atoms with Crippen molar-refractivity contribution in [1.82, 2.24) is 15.1 Å². The van der Waals surface area contributed by atoms with Gasteiger partial charge in [-0.1, -0.05) is 44.2 Å². The van der Waals surface area contributed by atoms with E-state index in [9.17, 15) is 9.59 Å². The number of amides is 2. The van der Waals surface area contributed by atoms with Gasteiger partial charge in [0.15, 0.2) is 0 Å². The number of piperazine rings is 1. The Kier molecular flexibility index (Phi) is 7.25. The van der Waals surface area contributed by atoms with Gasteiger partial charge < -0.3 is 19.9 Å². The first-order valence-corrected chi connectivity index (χ1v) is 8.90. The van der Waals surface area contributed by atoms with Crippen molar-refractivity contribution in [3.8, 4) is 0 Å².